The van der Waals surface area contributed by atoms with Crippen LogP contribution in [-0.2, 0) is 11.3 Å². The highest BCUT2D eigenvalue weighted by Crippen LogP contribution is 2.24. The highest BCUT2D eigenvalue weighted by atomic mass is 16.1. The molecule has 9 nitrogen and oxygen atoms in total. The Morgan fingerprint density at radius 1 is 1.09 bits per heavy atom. The lowest BCUT2D eigenvalue weighted by atomic mass is 10.1. The number of aromatic nitrogens is 5. The van der Waals surface area contributed by atoms with E-state index in [2.05, 4.69) is 47.3 Å². The number of nitrogens with one attached hydrogen (secondary N) is 2. The molecule has 1 saturated heterocycles. The van der Waals surface area contributed by atoms with Crippen molar-refractivity contribution >= 4 is 29.2 Å². The van der Waals surface area contributed by atoms with Crippen molar-refractivity contribution in [1.29, 1.82) is 0 Å². The molecule has 0 aliphatic carbocycles. The molecule has 0 spiro atoms. The Morgan fingerprint density at radius 2 is 1.97 bits per heavy atom. The maximum Gasteiger partial charge on any atom is 0.209 e. The summed E-state index contributed by atoms with van der Waals surface area (Å²) in [6.07, 6.45) is 4.21. The normalized spacial score (nSPS) is 14.6. The quantitative estimate of drug-likeness (QED) is 0.455. The number of fused-ring (bicyclic) bond motifs is 1. The van der Waals surface area contributed by atoms with Crippen LogP contribution in [0, 0.1) is 6.92 Å². The minimum atomic E-state index is 0.642. The van der Waals surface area contributed by atoms with Gasteiger partial charge in [-0.25, -0.2) is 19.9 Å². The smallest absolute Gasteiger partial charge is 0.209 e. The molecule has 0 radical (unpaired) electrons. The van der Waals surface area contributed by atoms with E-state index in [0.29, 0.717) is 5.95 Å². The van der Waals surface area contributed by atoms with E-state index in [1.165, 1.54) is 5.56 Å². The van der Waals surface area contributed by atoms with Gasteiger partial charge in [-0.05, 0) is 42.8 Å². The number of piperazine rings is 1. The van der Waals surface area contributed by atoms with Crippen LogP contribution < -0.4 is 5.32 Å². The van der Waals surface area contributed by atoms with Crippen molar-refractivity contribution in [3.05, 3.63) is 60.2 Å². The fourth-order valence-electron chi connectivity index (χ4n) is 3.99. The predicted molar refractivity (Wildman–Crippen MR) is 122 cm³/mol. The molecule has 4 aromatic rings. The Bertz CT molecular complexity index is 1230. The molecule has 0 unspecified atom stereocenters. The SMILES string of the molecule is Cc1cc(CN2CCN(C=O)CC2)cc(Nc2nc3ccc(-c4ccncn4)cc3[nH]2)n1. The highest BCUT2D eigenvalue weighted by Gasteiger charge is 2.16. The van der Waals surface area contributed by atoms with E-state index in [-0.39, 0.29) is 0 Å². The second-order valence-electron chi connectivity index (χ2n) is 7.96. The van der Waals surface area contributed by atoms with Gasteiger partial charge in [0.05, 0.1) is 16.7 Å². The fourth-order valence-corrected chi connectivity index (χ4v) is 3.99. The molecule has 9 heteroatoms. The molecule has 1 aliphatic rings. The number of aromatic amines is 1. The number of anilines is 2. The fraction of sp³-hybridized carbons (Fsp3) is 0.261. The van der Waals surface area contributed by atoms with Gasteiger partial charge in [-0.1, -0.05) is 6.07 Å². The van der Waals surface area contributed by atoms with Gasteiger partial charge in [-0.3, -0.25) is 9.69 Å². The van der Waals surface area contributed by atoms with Crippen molar-refractivity contribution in [2.75, 3.05) is 31.5 Å². The summed E-state index contributed by atoms with van der Waals surface area (Å²) in [5, 5.41) is 3.31. The number of carbonyl (C=O) groups excluding carboxylic acids is 1. The van der Waals surface area contributed by atoms with Crippen LogP contribution in [0.15, 0.2) is 48.9 Å². The molecule has 3 aromatic heterocycles. The van der Waals surface area contributed by atoms with Crippen LogP contribution in [0.1, 0.15) is 11.3 Å². The lowest BCUT2D eigenvalue weighted by Gasteiger charge is -2.32. The summed E-state index contributed by atoms with van der Waals surface area (Å²) in [6.45, 7) is 6.12. The molecule has 32 heavy (non-hydrogen) atoms. The number of pyridine rings is 1. The first-order valence-electron chi connectivity index (χ1n) is 10.6. The van der Waals surface area contributed by atoms with Crippen molar-refractivity contribution in [3.8, 4) is 11.3 Å². The summed E-state index contributed by atoms with van der Waals surface area (Å²) in [5.41, 5.74) is 5.78. The van der Waals surface area contributed by atoms with E-state index in [9.17, 15) is 4.79 Å². The summed E-state index contributed by atoms with van der Waals surface area (Å²) >= 11 is 0. The Balaban J connectivity index is 1.33. The largest absolute Gasteiger partial charge is 0.343 e. The van der Waals surface area contributed by atoms with Crippen molar-refractivity contribution in [1.82, 2.24) is 34.7 Å². The average molecular weight is 429 g/mol. The van der Waals surface area contributed by atoms with Gasteiger partial charge in [0.15, 0.2) is 0 Å². The van der Waals surface area contributed by atoms with Crippen molar-refractivity contribution in [2.45, 2.75) is 13.5 Å². The van der Waals surface area contributed by atoms with Crippen LogP contribution in [0.4, 0.5) is 11.8 Å². The average Bonchev–Trinajstić information content (AvgIpc) is 3.21. The Morgan fingerprint density at radius 3 is 2.75 bits per heavy atom. The van der Waals surface area contributed by atoms with Gasteiger partial charge in [0.2, 0.25) is 12.4 Å². The first kappa shape index (κ1) is 20.1. The molecule has 0 atom stereocenters. The molecule has 0 bridgehead atoms. The molecule has 0 saturated carbocycles. The molecule has 2 N–H and O–H groups in total. The summed E-state index contributed by atoms with van der Waals surface area (Å²) < 4.78 is 0. The van der Waals surface area contributed by atoms with Gasteiger partial charge in [0, 0.05) is 50.2 Å². The number of rotatable bonds is 6. The molecule has 4 heterocycles. The minimum absolute atomic E-state index is 0.642. The van der Waals surface area contributed by atoms with Crippen LogP contribution in [-0.4, -0.2) is 67.3 Å². The maximum absolute atomic E-state index is 10.9. The molecule has 5 rings (SSSR count). The van der Waals surface area contributed by atoms with Gasteiger partial charge in [0.1, 0.15) is 12.1 Å². The topological polar surface area (TPSA) is 103 Å². The van der Waals surface area contributed by atoms with Crippen molar-refractivity contribution < 1.29 is 4.79 Å². The van der Waals surface area contributed by atoms with E-state index in [1.807, 2.05) is 36.1 Å². The third kappa shape index (κ3) is 4.42. The standard InChI is InChI=1S/C23H24N8O/c1-16-10-17(13-30-6-8-31(15-32)9-7-30)11-22(26-16)29-23-27-20-3-2-18(12-21(20)28-23)19-4-5-24-14-25-19/h2-5,10-12,14-15H,6-9,13H2,1H3,(H2,26,27,28,29). The molecule has 1 aromatic carbocycles. The summed E-state index contributed by atoms with van der Waals surface area (Å²) in [4.78, 5) is 36.0. The number of imidazole rings is 1. The first-order valence-corrected chi connectivity index (χ1v) is 10.6. The Kier molecular flexibility index (Phi) is 5.47. The second kappa shape index (κ2) is 8.72. The van der Waals surface area contributed by atoms with Crippen LogP contribution in [0.2, 0.25) is 0 Å². The van der Waals surface area contributed by atoms with Gasteiger partial charge < -0.3 is 15.2 Å². The highest BCUT2D eigenvalue weighted by molar-refractivity contribution is 5.83. The van der Waals surface area contributed by atoms with E-state index < -0.39 is 0 Å². The van der Waals surface area contributed by atoms with Crippen LogP contribution in [0.25, 0.3) is 22.3 Å². The number of H-pyrrole nitrogens is 1. The molecular formula is C23H24N8O. The molecule has 1 amide bonds. The number of hydrogen-bond donors (Lipinski definition) is 2. The van der Waals surface area contributed by atoms with Gasteiger partial charge in [0.25, 0.3) is 0 Å². The zero-order chi connectivity index (χ0) is 21.9. The molecule has 1 aliphatic heterocycles. The number of carbonyl (C=O) groups is 1. The zero-order valence-electron chi connectivity index (χ0n) is 17.8. The van der Waals surface area contributed by atoms with Crippen LogP contribution >= 0.6 is 0 Å². The molecule has 162 valence electrons. The van der Waals surface area contributed by atoms with Crippen molar-refractivity contribution in [3.63, 3.8) is 0 Å². The summed E-state index contributed by atoms with van der Waals surface area (Å²) in [6, 6.07) is 12.0. The minimum Gasteiger partial charge on any atom is -0.343 e. The predicted octanol–water partition coefficient (Wildman–Crippen LogP) is 2.74. The number of amides is 1. The molecular weight excluding hydrogens is 404 g/mol. The number of benzene rings is 1. The molecule has 1 fully saturated rings. The van der Waals surface area contributed by atoms with Gasteiger partial charge in [-0.15, -0.1) is 0 Å². The van der Waals surface area contributed by atoms with Gasteiger partial charge >= 0.3 is 0 Å². The number of hydrogen-bond acceptors (Lipinski definition) is 7. The van der Waals surface area contributed by atoms with E-state index in [0.717, 1.165) is 72.9 Å². The maximum atomic E-state index is 10.9. The third-order valence-corrected chi connectivity index (χ3v) is 5.58. The lowest BCUT2D eigenvalue weighted by Crippen LogP contribution is -2.45. The lowest BCUT2D eigenvalue weighted by molar-refractivity contribution is -0.119. The summed E-state index contributed by atoms with van der Waals surface area (Å²) in [7, 11) is 0. The Hall–Kier alpha value is -3.85. The number of aryl methyl sites for hydroxylation is 1. The van der Waals surface area contributed by atoms with Crippen molar-refractivity contribution in [2.24, 2.45) is 0 Å². The first-order chi connectivity index (χ1) is 15.7. The number of nitrogens with zero attached hydrogens (tertiary/aromatic N) is 6. The van der Waals surface area contributed by atoms with E-state index in [1.54, 1.807) is 12.5 Å². The second-order valence-corrected chi connectivity index (χ2v) is 7.96. The monoisotopic (exact) mass is 428 g/mol. The van der Waals surface area contributed by atoms with E-state index in [4.69, 9.17) is 0 Å². The van der Waals surface area contributed by atoms with Crippen LogP contribution in [0.3, 0.4) is 0 Å². The van der Waals surface area contributed by atoms with Gasteiger partial charge in [-0.2, -0.15) is 0 Å². The third-order valence-electron chi connectivity index (χ3n) is 5.58. The van der Waals surface area contributed by atoms with Crippen LogP contribution in [0.5, 0.6) is 0 Å². The zero-order valence-corrected chi connectivity index (χ0v) is 17.8. The van der Waals surface area contributed by atoms with E-state index >= 15 is 0 Å². The Labute approximate surface area is 185 Å². The summed E-state index contributed by atoms with van der Waals surface area (Å²) in [5.74, 6) is 1.39.